The maximum Gasteiger partial charge on any atom is 0.325 e. The molecule has 2 heterocycles. The summed E-state index contributed by atoms with van der Waals surface area (Å²) in [6.07, 6.45) is 4.43. The minimum absolute atomic E-state index is 0.0711. The standard InChI is InChI=1S/C16H23N3O5S/c1-25-8-6-11(10-20)17-14(21)5-4-13-15(22)19(16(23)18-13)9-12-3-2-7-24-12/h2-3,7,11,13,20H,4-6,8-10H2,1H3,(H,17,21)(H,18,23)/t11-,13-/m0/s1. The second kappa shape index (κ2) is 9.47. The lowest BCUT2D eigenvalue weighted by atomic mass is 10.1. The highest BCUT2D eigenvalue weighted by atomic mass is 32.2. The molecule has 8 nitrogen and oxygen atoms in total. The summed E-state index contributed by atoms with van der Waals surface area (Å²) in [5.41, 5.74) is 0. The fraction of sp³-hybridized carbons (Fsp3) is 0.562. The molecule has 4 amide bonds. The summed E-state index contributed by atoms with van der Waals surface area (Å²) in [5, 5.41) is 14.6. The number of carbonyl (C=O) groups excluding carboxylic acids is 3. The van der Waals surface area contributed by atoms with Gasteiger partial charge in [0.05, 0.1) is 25.5 Å². The molecule has 0 aromatic carbocycles. The van der Waals surface area contributed by atoms with Gasteiger partial charge in [-0.2, -0.15) is 11.8 Å². The van der Waals surface area contributed by atoms with Gasteiger partial charge in [0.2, 0.25) is 5.91 Å². The number of nitrogens with one attached hydrogen (secondary N) is 2. The van der Waals surface area contributed by atoms with Crippen molar-refractivity contribution in [1.29, 1.82) is 0 Å². The van der Waals surface area contributed by atoms with Crippen molar-refractivity contribution in [3.63, 3.8) is 0 Å². The summed E-state index contributed by atoms with van der Waals surface area (Å²) in [7, 11) is 0. The van der Waals surface area contributed by atoms with Crippen molar-refractivity contribution in [3.8, 4) is 0 Å². The lowest BCUT2D eigenvalue weighted by molar-refractivity contribution is -0.128. The number of hydrogen-bond acceptors (Lipinski definition) is 6. The molecule has 2 rings (SSSR count). The molecule has 9 heteroatoms. The highest BCUT2D eigenvalue weighted by Crippen LogP contribution is 2.15. The fourth-order valence-corrected chi connectivity index (χ4v) is 3.05. The van der Waals surface area contributed by atoms with Crippen LogP contribution in [0, 0.1) is 0 Å². The fourth-order valence-electron chi connectivity index (χ4n) is 2.53. The first kappa shape index (κ1) is 19.3. The van der Waals surface area contributed by atoms with E-state index in [4.69, 9.17) is 4.42 Å². The zero-order chi connectivity index (χ0) is 18.2. The topological polar surface area (TPSA) is 112 Å². The Bertz CT molecular complexity index is 593. The largest absolute Gasteiger partial charge is 0.467 e. The molecular weight excluding hydrogens is 346 g/mol. The van der Waals surface area contributed by atoms with Crippen LogP contribution in [0.3, 0.4) is 0 Å². The molecule has 0 saturated carbocycles. The summed E-state index contributed by atoms with van der Waals surface area (Å²) in [6.45, 7) is -0.0516. The highest BCUT2D eigenvalue weighted by Gasteiger charge is 2.38. The van der Waals surface area contributed by atoms with Crippen LogP contribution in [0.1, 0.15) is 25.0 Å². The Kier molecular flexibility index (Phi) is 7.32. The van der Waals surface area contributed by atoms with E-state index < -0.39 is 12.1 Å². The number of urea groups is 1. The van der Waals surface area contributed by atoms with Crippen molar-refractivity contribution >= 4 is 29.6 Å². The van der Waals surface area contributed by atoms with Crippen LogP contribution in [-0.2, 0) is 16.1 Å². The summed E-state index contributed by atoms with van der Waals surface area (Å²) >= 11 is 1.64. The van der Waals surface area contributed by atoms with E-state index in [0.717, 1.165) is 10.7 Å². The van der Waals surface area contributed by atoms with Crippen LogP contribution < -0.4 is 10.6 Å². The molecule has 3 N–H and O–H groups in total. The quantitative estimate of drug-likeness (QED) is 0.524. The third kappa shape index (κ3) is 5.50. The van der Waals surface area contributed by atoms with Crippen LogP contribution in [-0.4, -0.2) is 58.6 Å². The highest BCUT2D eigenvalue weighted by molar-refractivity contribution is 7.98. The molecule has 0 aliphatic carbocycles. The number of thioether (sulfide) groups is 1. The van der Waals surface area contributed by atoms with E-state index in [1.54, 1.807) is 23.9 Å². The summed E-state index contributed by atoms with van der Waals surface area (Å²) in [4.78, 5) is 37.3. The van der Waals surface area contributed by atoms with E-state index in [0.29, 0.717) is 12.2 Å². The van der Waals surface area contributed by atoms with Crippen molar-refractivity contribution in [2.75, 3.05) is 18.6 Å². The molecule has 2 atom stereocenters. The number of hydrogen-bond donors (Lipinski definition) is 3. The van der Waals surface area contributed by atoms with Crippen LogP contribution in [0.2, 0.25) is 0 Å². The second-order valence-electron chi connectivity index (χ2n) is 5.77. The van der Waals surface area contributed by atoms with Crippen LogP contribution in [0.15, 0.2) is 22.8 Å². The Balaban J connectivity index is 1.79. The zero-order valence-electron chi connectivity index (χ0n) is 14.1. The second-order valence-corrected chi connectivity index (χ2v) is 6.76. The molecule has 0 bridgehead atoms. The Labute approximate surface area is 150 Å². The van der Waals surface area contributed by atoms with Crippen molar-refractivity contribution in [2.45, 2.75) is 37.9 Å². The minimum atomic E-state index is -0.716. The first-order valence-corrected chi connectivity index (χ1v) is 9.48. The monoisotopic (exact) mass is 369 g/mol. The van der Waals surface area contributed by atoms with Gasteiger partial charge in [0.1, 0.15) is 11.8 Å². The Morgan fingerprint density at radius 2 is 2.32 bits per heavy atom. The number of furan rings is 1. The Hall–Kier alpha value is -2.00. The van der Waals surface area contributed by atoms with Gasteiger partial charge in [-0.3, -0.25) is 14.5 Å². The smallest absolute Gasteiger partial charge is 0.325 e. The molecule has 0 radical (unpaired) electrons. The molecule has 1 fully saturated rings. The minimum Gasteiger partial charge on any atom is -0.467 e. The summed E-state index contributed by atoms with van der Waals surface area (Å²) < 4.78 is 5.15. The maximum atomic E-state index is 12.3. The van der Waals surface area contributed by atoms with E-state index in [2.05, 4.69) is 10.6 Å². The average molecular weight is 369 g/mol. The lowest BCUT2D eigenvalue weighted by Crippen LogP contribution is -2.39. The number of rotatable bonds is 10. The van der Waals surface area contributed by atoms with Crippen molar-refractivity contribution in [3.05, 3.63) is 24.2 Å². The molecule has 25 heavy (non-hydrogen) atoms. The number of imide groups is 1. The van der Waals surface area contributed by atoms with Crippen molar-refractivity contribution in [2.24, 2.45) is 0 Å². The Morgan fingerprint density at radius 1 is 1.52 bits per heavy atom. The molecule has 1 saturated heterocycles. The zero-order valence-corrected chi connectivity index (χ0v) is 14.9. The SMILES string of the molecule is CSCC[C@@H](CO)NC(=O)CC[C@@H]1NC(=O)N(Cc2ccco2)C1=O. The average Bonchev–Trinajstić information content (AvgIpc) is 3.20. The third-order valence-electron chi connectivity index (χ3n) is 3.92. The molecular formula is C16H23N3O5S. The van der Waals surface area contributed by atoms with Gasteiger partial charge in [-0.05, 0) is 37.0 Å². The van der Waals surface area contributed by atoms with Crippen LogP contribution in [0.25, 0.3) is 0 Å². The molecule has 1 aromatic heterocycles. The third-order valence-corrected chi connectivity index (χ3v) is 4.56. The van der Waals surface area contributed by atoms with Crippen LogP contribution in [0.4, 0.5) is 4.79 Å². The van der Waals surface area contributed by atoms with Crippen molar-refractivity contribution in [1.82, 2.24) is 15.5 Å². The first-order valence-electron chi connectivity index (χ1n) is 8.08. The van der Waals surface area contributed by atoms with Gasteiger partial charge in [0, 0.05) is 6.42 Å². The van der Waals surface area contributed by atoms with Gasteiger partial charge < -0.3 is 20.2 Å². The van der Waals surface area contributed by atoms with E-state index in [9.17, 15) is 19.5 Å². The normalized spacial score (nSPS) is 18.3. The number of aliphatic hydroxyl groups excluding tert-OH is 1. The summed E-state index contributed by atoms with van der Waals surface area (Å²) in [5.74, 6) is 0.744. The van der Waals surface area contributed by atoms with E-state index in [1.165, 1.54) is 6.26 Å². The molecule has 1 aliphatic heterocycles. The lowest BCUT2D eigenvalue weighted by Gasteiger charge is -2.16. The van der Waals surface area contributed by atoms with Crippen LogP contribution >= 0.6 is 11.8 Å². The molecule has 1 aromatic rings. The van der Waals surface area contributed by atoms with Crippen molar-refractivity contribution < 1.29 is 23.9 Å². The summed E-state index contributed by atoms with van der Waals surface area (Å²) in [6, 6.07) is 1.88. The molecule has 0 spiro atoms. The maximum absolute atomic E-state index is 12.3. The van der Waals surface area contributed by atoms with E-state index in [-0.39, 0.29) is 43.8 Å². The predicted octanol–water partition coefficient (Wildman–Crippen LogP) is 0.710. The first-order chi connectivity index (χ1) is 12.0. The van der Waals surface area contributed by atoms with Gasteiger partial charge in [0.15, 0.2) is 0 Å². The van der Waals surface area contributed by atoms with Gasteiger partial charge >= 0.3 is 6.03 Å². The van der Waals surface area contributed by atoms with E-state index in [1.807, 2.05) is 6.26 Å². The van der Waals surface area contributed by atoms with Gasteiger partial charge in [-0.1, -0.05) is 0 Å². The van der Waals surface area contributed by atoms with Crippen LogP contribution in [0.5, 0.6) is 0 Å². The van der Waals surface area contributed by atoms with E-state index >= 15 is 0 Å². The number of nitrogens with zero attached hydrogens (tertiary/aromatic N) is 1. The van der Waals surface area contributed by atoms with Gasteiger partial charge in [0.25, 0.3) is 5.91 Å². The number of aliphatic hydroxyl groups is 1. The number of amides is 4. The molecule has 0 unspecified atom stereocenters. The van der Waals surface area contributed by atoms with Gasteiger partial charge in [-0.15, -0.1) is 0 Å². The van der Waals surface area contributed by atoms with Gasteiger partial charge in [-0.25, -0.2) is 4.79 Å². The number of carbonyl (C=O) groups is 3. The predicted molar refractivity (Wildman–Crippen MR) is 92.8 cm³/mol. The Morgan fingerprint density at radius 3 is 2.96 bits per heavy atom. The molecule has 1 aliphatic rings. The molecule has 138 valence electrons.